The minimum atomic E-state index is 0.103. The summed E-state index contributed by atoms with van der Waals surface area (Å²) in [4.78, 5) is 9.04. The lowest BCUT2D eigenvalue weighted by Crippen LogP contribution is -2.53. The molecule has 0 saturated carbocycles. The monoisotopic (exact) mass is 277 g/mol. The van der Waals surface area contributed by atoms with E-state index in [1.54, 1.807) is 12.3 Å². The van der Waals surface area contributed by atoms with Gasteiger partial charge in [-0.2, -0.15) is 0 Å². The molecule has 0 radical (unpaired) electrons. The van der Waals surface area contributed by atoms with Crippen LogP contribution >= 0.6 is 0 Å². The first-order valence-corrected chi connectivity index (χ1v) is 6.86. The predicted octanol–water partition coefficient (Wildman–Crippen LogP) is 1.10. The zero-order valence-corrected chi connectivity index (χ0v) is 12.4. The molecule has 20 heavy (non-hydrogen) atoms. The first-order chi connectivity index (χ1) is 9.43. The quantitative estimate of drug-likeness (QED) is 0.366. The van der Waals surface area contributed by atoms with Crippen LogP contribution in [0.4, 0.5) is 5.82 Å². The molecular weight excluding hydrogens is 254 g/mol. The number of pyridine rings is 1. The average Bonchev–Trinajstić information content (AvgIpc) is 2.45. The van der Waals surface area contributed by atoms with E-state index in [0.717, 1.165) is 32.0 Å². The van der Waals surface area contributed by atoms with Crippen molar-refractivity contribution in [2.75, 3.05) is 31.1 Å². The summed E-state index contributed by atoms with van der Waals surface area (Å²) in [5.41, 5.74) is 6.59. The Morgan fingerprint density at radius 3 is 2.50 bits per heavy atom. The third kappa shape index (κ3) is 3.01. The Labute approximate surface area is 119 Å². The van der Waals surface area contributed by atoms with Crippen molar-refractivity contribution >= 4 is 11.7 Å². The molecule has 1 aliphatic heterocycles. The molecule has 1 aromatic heterocycles. The number of amidine groups is 1. The van der Waals surface area contributed by atoms with Gasteiger partial charge in [0.15, 0.2) is 5.84 Å². The van der Waals surface area contributed by atoms with Gasteiger partial charge in [-0.25, -0.2) is 4.98 Å². The number of anilines is 1. The van der Waals surface area contributed by atoms with Crippen molar-refractivity contribution in [1.29, 1.82) is 0 Å². The molecule has 1 aliphatic rings. The van der Waals surface area contributed by atoms with Crippen LogP contribution in [-0.2, 0) is 0 Å². The lowest BCUT2D eigenvalue weighted by atomic mass is 10.0. The van der Waals surface area contributed by atoms with Crippen LogP contribution < -0.4 is 10.6 Å². The lowest BCUT2D eigenvalue weighted by molar-refractivity contribution is 0.128. The van der Waals surface area contributed by atoms with E-state index in [-0.39, 0.29) is 11.4 Å². The number of hydrogen-bond donors (Lipinski definition) is 2. The molecule has 0 aliphatic carbocycles. The third-order valence-corrected chi connectivity index (χ3v) is 3.70. The van der Waals surface area contributed by atoms with Crippen molar-refractivity contribution < 1.29 is 5.21 Å². The van der Waals surface area contributed by atoms with Crippen LogP contribution in [0.5, 0.6) is 0 Å². The molecule has 110 valence electrons. The summed E-state index contributed by atoms with van der Waals surface area (Å²) in [5, 5.41) is 12.0. The third-order valence-electron chi connectivity index (χ3n) is 3.70. The normalized spacial score (nSPS) is 18.4. The van der Waals surface area contributed by atoms with Gasteiger partial charge in [0.1, 0.15) is 5.82 Å². The van der Waals surface area contributed by atoms with Crippen LogP contribution in [0.1, 0.15) is 26.3 Å². The van der Waals surface area contributed by atoms with Gasteiger partial charge < -0.3 is 15.8 Å². The van der Waals surface area contributed by atoms with Crippen LogP contribution in [0.2, 0.25) is 0 Å². The van der Waals surface area contributed by atoms with Gasteiger partial charge in [-0.3, -0.25) is 4.90 Å². The Bertz CT molecular complexity index is 487. The largest absolute Gasteiger partial charge is 0.409 e. The van der Waals surface area contributed by atoms with Gasteiger partial charge in [-0.1, -0.05) is 5.16 Å². The Morgan fingerprint density at radius 1 is 1.30 bits per heavy atom. The first kappa shape index (κ1) is 14.6. The van der Waals surface area contributed by atoms with Gasteiger partial charge in [0.05, 0.1) is 5.56 Å². The first-order valence-electron chi connectivity index (χ1n) is 6.86. The molecule has 0 aromatic carbocycles. The van der Waals surface area contributed by atoms with Gasteiger partial charge in [0.2, 0.25) is 0 Å². The van der Waals surface area contributed by atoms with Crippen LogP contribution in [0.15, 0.2) is 23.5 Å². The number of piperazine rings is 1. The predicted molar refractivity (Wildman–Crippen MR) is 80.3 cm³/mol. The maximum absolute atomic E-state index is 8.87. The Morgan fingerprint density at radius 2 is 1.95 bits per heavy atom. The van der Waals surface area contributed by atoms with Gasteiger partial charge >= 0.3 is 0 Å². The average molecular weight is 277 g/mol. The molecule has 0 bridgehead atoms. The SMILES string of the molecule is CC(C)(C)N1CCN(c2ncccc2C(N)=NO)CC1. The molecule has 1 fully saturated rings. The van der Waals surface area contributed by atoms with Gasteiger partial charge in [0.25, 0.3) is 0 Å². The Kier molecular flexibility index (Phi) is 4.13. The van der Waals surface area contributed by atoms with Crippen LogP contribution in [0, 0.1) is 0 Å². The maximum atomic E-state index is 8.87. The molecule has 2 heterocycles. The molecule has 0 atom stereocenters. The van der Waals surface area contributed by atoms with Gasteiger partial charge in [-0.15, -0.1) is 0 Å². The van der Waals surface area contributed by atoms with E-state index < -0.39 is 0 Å². The molecule has 6 nitrogen and oxygen atoms in total. The number of rotatable bonds is 2. The smallest absolute Gasteiger partial charge is 0.173 e. The minimum absolute atomic E-state index is 0.103. The van der Waals surface area contributed by atoms with Crippen molar-refractivity contribution in [3.63, 3.8) is 0 Å². The zero-order valence-electron chi connectivity index (χ0n) is 12.4. The van der Waals surface area contributed by atoms with Crippen molar-refractivity contribution in [1.82, 2.24) is 9.88 Å². The molecule has 6 heteroatoms. The fraction of sp³-hybridized carbons (Fsp3) is 0.571. The fourth-order valence-electron chi connectivity index (χ4n) is 2.49. The fourth-order valence-corrected chi connectivity index (χ4v) is 2.49. The topological polar surface area (TPSA) is 78.0 Å². The van der Waals surface area contributed by atoms with Crippen molar-refractivity contribution in [2.45, 2.75) is 26.3 Å². The zero-order chi connectivity index (χ0) is 14.8. The second kappa shape index (κ2) is 5.66. The summed E-state index contributed by atoms with van der Waals surface area (Å²) in [6.45, 7) is 10.4. The lowest BCUT2D eigenvalue weighted by Gasteiger charge is -2.42. The molecule has 3 N–H and O–H groups in total. The van der Waals surface area contributed by atoms with Crippen molar-refractivity contribution in [3.05, 3.63) is 23.9 Å². The molecule has 2 rings (SSSR count). The summed E-state index contributed by atoms with van der Waals surface area (Å²) >= 11 is 0. The number of nitrogens with two attached hydrogens (primary N) is 1. The van der Waals surface area contributed by atoms with E-state index in [1.807, 2.05) is 6.07 Å². The number of oxime groups is 1. The summed E-state index contributed by atoms with van der Waals surface area (Å²) in [6, 6.07) is 3.62. The van der Waals surface area contributed by atoms with Crippen molar-refractivity contribution in [3.8, 4) is 0 Å². The molecular formula is C14H23N5O. The minimum Gasteiger partial charge on any atom is -0.409 e. The Balaban J connectivity index is 2.15. The highest BCUT2D eigenvalue weighted by Crippen LogP contribution is 2.21. The highest BCUT2D eigenvalue weighted by molar-refractivity contribution is 6.01. The highest BCUT2D eigenvalue weighted by Gasteiger charge is 2.27. The van der Waals surface area contributed by atoms with Gasteiger partial charge in [-0.05, 0) is 32.9 Å². The molecule has 0 amide bonds. The van der Waals surface area contributed by atoms with Crippen LogP contribution in [0.3, 0.4) is 0 Å². The molecule has 0 unspecified atom stereocenters. The number of hydrogen-bond acceptors (Lipinski definition) is 5. The number of nitrogens with zero attached hydrogens (tertiary/aromatic N) is 4. The van der Waals surface area contributed by atoms with E-state index in [1.165, 1.54) is 0 Å². The van der Waals surface area contributed by atoms with Crippen molar-refractivity contribution in [2.24, 2.45) is 10.9 Å². The summed E-state index contributed by atoms with van der Waals surface area (Å²) in [7, 11) is 0. The number of aromatic nitrogens is 1. The second-order valence-electron chi connectivity index (χ2n) is 6.00. The Hall–Kier alpha value is -1.82. The van der Waals surface area contributed by atoms with E-state index in [4.69, 9.17) is 10.9 Å². The molecule has 1 saturated heterocycles. The van der Waals surface area contributed by atoms with Gasteiger partial charge in [0, 0.05) is 37.9 Å². The van der Waals surface area contributed by atoms with E-state index in [9.17, 15) is 0 Å². The van der Waals surface area contributed by atoms with Crippen LogP contribution in [-0.4, -0.2) is 52.6 Å². The maximum Gasteiger partial charge on any atom is 0.173 e. The van der Waals surface area contributed by atoms with Crippen LogP contribution in [0.25, 0.3) is 0 Å². The highest BCUT2D eigenvalue weighted by atomic mass is 16.4. The van der Waals surface area contributed by atoms with E-state index >= 15 is 0 Å². The second-order valence-corrected chi connectivity index (χ2v) is 6.00. The summed E-state index contributed by atoms with van der Waals surface area (Å²) < 4.78 is 0. The molecule has 0 spiro atoms. The molecule has 1 aromatic rings. The van der Waals surface area contributed by atoms with E-state index in [0.29, 0.717) is 5.56 Å². The van der Waals surface area contributed by atoms with E-state index in [2.05, 4.69) is 40.7 Å². The summed E-state index contributed by atoms with van der Waals surface area (Å²) in [5.74, 6) is 0.891. The summed E-state index contributed by atoms with van der Waals surface area (Å²) in [6.07, 6.45) is 1.74. The standard InChI is InChI=1S/C14H23N5O/c1-14(2,3)19-9-7-18(8-10-19)13-11(12(15)17-20)5-4-6-16-13/h4-6,20H,7-10H2,1-3H3,(H2,15,17).